The van der Waals surface area contributed by atoms with Crippen LogP contribution in [0.25, 0.3) is 0 Å². The lowest BCUT2D eigenvalue weighted by Crippen LogP contribution is -2.62. The number of hydrogen-bond acceptors (Lipinski definition) is 8. The molecule has 0 aromatic rings. The van der Waals surface area contributed by atoms with Gasteiger partial charge in [-0.1, -0.05) is 107 Å². The first-order chi connectivity index (χ1) is 23.1. The molecule has 16 atom stereocenters. The lowest BCUT2D eigenvalue weighted by molar-refractivity contribution is 0.0638. The highest BCUT2D eigenvalue weighted by atomic mass is 15.4. The number of fused-ring (bicyclic) bond motifs is 20. The fourth-order valence-corrected chi connectivity index (χ4v) is 14.8. The molecule has 5 heterocycles. The van der Waals surface area contributed by atoms with Crippen molar-refractivity contribution in [2.24, 2.45) is 94.7 Å². The highest BCUT2D eigenvalue weighted by Gasteiger charge is 2.59. The van der Waals surface area contributed by atoms with E-state index in [2.05, 4.69) is 97.9 Å². The molecule has 8 N–H and O–H groups in total. The molecule has 0 aromatic carbocycles. The minimum Gasteiger partial charge on any atom is -0.286 e. The van der Waals surface area contributed by atoms with Gasteiger partial charge in [-0.3, -0.25) is 42.5 Å². The van der Waals surface area contributed by atoms with E-state index >= 15 is 0 Å². The molecule has 272 valence electrons. The van der Waals surface area contributed by atoms with Crippen LogP contribution >= 0.6 is 0 Å². The van der Waals surface area contributed by atoms with E-state index in [1.165, 1.54) is 51.4 Å². The van der Waals surface area contributed by atoms with Gasteiger partial charge in [-0.25, -0.2) is 0 Å². The molecule has 5 aliphatic heterocycles. The van der Waals surface area contributed by atoms with E-state index in [0.29, 0.717) is 96.7 Å². The zero-order valence-electron chi connectivity index (χ0n) is 31.5. The Morgan fingerprint density at radius 3 is 0.417 bits per heavy atom. The van der Waals surface area contributed by atoms with Crippen LogP contribution in [0.4, 0.5) is 0 Å². The smallest absolute Gasteiger partial charge is 0.0631 e. The van der Waals surface area contributed by atoms with Crippen molar-refractivity contribution in [3.05, 3.63) is 0 Å². The summed E-state index contributed by atoms with van der Waals surface area (Å²) < 4.78 is 0. The van der Waals surface area contributed by atoms with Crippen LogP contribution in [0.1, 0.15) is 107 Å². The summed E-state index contributed by atoms with van der Waals surface area (Å²) in [5, 5.41) is 34.8. The molecule has 8 nitrogen and oxygen atoms in total. The molecular formula is C40H72N8. The van der Waals surface area contributed by atoms with Crippen LogP contribution in [-0.4, -0.2) is 49.3 Å². The van der Waals surface area contributed by atoms with E-state index in [-0.39, 0.29) is 0 Å². The molecule has 9 aliphatic rings. The third-order valence-electron chi connectivity index (χ3n) is 17.3. The zero-order chi connectivity index (χ0) is 33.2. The molecule has 0 amide bonds. The molecule has 9 rings (SSSR count). The second-order valence-corrected chi connectivity index (χ2v) is 19.9. The Morgan fingerprint density at radius 2 is 0.312 bits per heavy atom. The van der Waals surface area contributed by atoms with Crippen LogP contribution in [0.2, 0.25) is 0 Å². The molecule has 16 unspecified atom stereocenters. The Kier molecular flexibility index (Phi) is 8.85. The standard InChI is InChI=1S/C40H72N8/c1-17-9-10-18(2)26-25(17)33-41-34(26)46-36-29-21(5)13-14-22(6)30(29)38(43-36)48-40-32-24(8)16-15-23(7)31(32)39(44-40)47-37-28-20(4)12-11-19(3)27(28)35(42-37)45-33/h17-48H,9-16H2,1-8H3. The number of rotatable bonds is 0. The fraction of sp³-hybridized carbons (Fsp3) is 1.00. The summed E-state index contributed by atoms with van der Waals surface area (Å²) in [6.45, 7) is 20.5. The summed E-state index contributed by atoms with van der Waals surface area (Å²) in [4.78, 5) is 0. The van der Waals surface area contributed by atoms with Crippen molar-refractivity contribution in [1.82, 2.24) is 42.5 Å². The van der Waals surface area contributed by atoms with Crippen LogP contribution in [0.3, 0.4) is 0 Å². The van der Waals surface area contributed by atoms with E-state index in [0.717, 1.165) is 47.3 Å². The van der Waals surface area contributed by atoms with Gasteiger partial charge in [-0.15, -0.1) is 0 Å². The summed E-state index contributed by atoms with van der Waals surface area (Å²) in [6.07, 6.45) is 13.6. The Balaban J connectivity index is 1.12. The maximum Gasteiger partial charge on any atom is 0.0631 e. The summed E-state index contributed by atoms with van der Waals surface area (Å²) in [5.74, 6) is 11.1. The third-order valence-corrected chi connectivity index (χ3v) is 17.3. The van der Waals surface area contributed by atoms with Gasteiger partial charge in [0.1, 0.15) is 0 Å². The van der Waals surface area contributed by atoms with Crippen molar-refractivity contribution in [3.63, 3.8) is 0 Å². The Morgan fingerprint density at radius 1 is 0.208 bits per heavy atom. The maximum absolute atomic E-state index is 4.39. The van der Waals surface area contributed by atoms with Gasteiger partial charge in [0.15, 0.2) is 0 Å². The van der Waals surface area contributed by atoms with Crippen LogP contribution in [0.15, 0.2) is 0 Å². The van der Waals surface area contributed by atoms with E-state index in [1.54, 1.807) is 0 Å². The minimum absolute atomic E-state index is 0.339. The lowest BCUT2D eigenvalue weighted by Gasteiger charge is -2.44. The monoisotopic (exact) mass is 665 g/mol. The predicted molar refractivity (Wildman–Crippen MR) is 194 cm³/mol. The van der Waals surface area contributed by atoms with E-state index < -0.39 is 0 Å². The molecule has 0 aromatic heterocycles. The van der Waals surface area contributed by atoms with Crippen LogP contribution < -0.4 is 42.5 Å². The van der Waals surface area contributed by atoms with Gasteiger partial charge >= 0.3 is 0 Å². The van der Waals surface area contributed by atoms with Crippen molar-refractivity contribution >= 4 is 0 Å². The molecule has 5 saturated heterocycles. The van der Waals surface area contributed by atoms with Gasteiger partial charge in [0, 0.05) is 0 Å². The first-order valence-corrected chi connectivity index (χ1v) is 21.2. The summed E-state index contributed by atoms with van der Waals surface area (Å²) in [5.41, 5.74) is 0. The van der Waals surface area contributed by atoms with Gasteiger partial charge in [0.05, 0.1) is 49.3 Å². The van der Waals surface area contributed by atoms with Crippen LogP contribution in [0, 0.1) is 94.7 Å². The maximum atomic E-state index is 4.39. The summed E-state index contributed by atoms with van der Waals surface area (Å²) in [6, 6.07) is 0. The molecule has 48 heavy (non-hydrogen) atoms. The second-order valence-electron chi connectivity index (χ2n) is 19.9. The molecule has 4 aliphatic carbocycles. The molecule has 4 saturated carbocycles. The SMILES string of the molecule is CC1CCC(C)C2C3NC(NC4NC(NC5NC(NC6NC(N3)C3C(C)CCC(C)C63)C3C(C)CCC(C)C53)C3C(C)CCC(C)C43)C12. The van der Waals surface area contributed by atoms with Gasteiger partial charge in [0.25, 0.3) is 0 Å². The predicted octanol–water partition coefficient (Wildman–Crippen LogP) is 4.57. The van der Waals surface area contributed by atoms with E-state index in [1.807, 2.05) is 0 Å². The highest BCUT2D eigenvalue weighted by molar-refractivity contribution is 5.12. The van der Waals surface area contributed by atoms with Crippen LogP contribution in [0.5, 0.6) is 0 Å². The normalized spacial score (nSPS) is 62.5. The van der Waals surface area contributed by atoms with Crippen molar-refractivity contribution < 1.29 is 0 Å². The van der Waals surface area contributed by atoms with Crippen molar-refractivity contribution in [2.75, 3.05) is 0 Å². The van der Waals surface area contributed by atoms with Gasteiger partial charge < -0.3 is 0 Å². The zero-order valence-corrected chi connectivity index (χ0v) is 31.5. The van der Waals surface area contributed by atoms with E-state index in [9.17, 15) is 0 Å². The molecule has 8 heteroatoms. The average Bonchev–Trinajstić information content (AvgIpc) is 3.80. The third kappa shape index (κ3) is 5.26. The Hall–Kier alpha value is -0.320. The largest absolute Gasteiger partial charge is 0.286 e. The first-order valence-electron chi connectivity index (χ1n) is 21.2. The average molecular weight is 665 g/mol. The van der Waals surface area contributed by atoms with E-state index in [4.69, 9.17) is 0 Å². The Bertz CT molecular complexity index is 912. The Labute approximate surface area is 292 Å². The van der Waals surface area contributed by atoms with Crippen molar-refractivity contribution in [1.29, 1.82) is 0 Å². The van der Waals surface area contributed by atoms with Crippen molar-refractivity contribution in [3.8, 4) is 0 Å². The minimum atomic E-state index is 0.339. The molecule has 0 spiro atoms. The fourth-order valence-electron chi connectivity index (χ4n) is 14.8. The quantitative estimate of drug-likeness (QED) is 0.191. The van der Waals surface area contributed by atoms with Gasteiger partial charge in [-0.2, -0.15) is 0 Å². The summed E-state index contributed by atoms with van der Waals surface area (Å²) in [7, 11) is 0. The number of hydrogen-bond donors (Lipinski definition) is 8. The topological polar surface area (TPSA) is 96.2 Å². The molecule has 8 bridgehead atoms. The summed E-state index contributed by atoms with van der Waals surface area (Å²) >= 11 is 0. The first kappa shape index (κ1) is 33.5. The van der Waals surface area contributed by atoms with Crippen molar-refractivity contribution in [2.45, 2.75) is 156 Å². The highest BCUT2D eigenvalue weighted by Crippen LogP contribution is 2.51. The second kappa shape index (κ2) is 12.7. The molecule has 0 radical (unpaired) electrons. The number of nitrogens with one attached hydrogen (secondary N) is 8. The molecular weight excluding hydrogens is 592 g/mol. The molecule has 9 fully saturated rings. The lowest BCUT2D eigenvalue weighted by atomic mass is 9.65. The van der Waals surface area contributed by atoms with Gasteiger partial charge in [-0.05, 0) is 94.7 Å². The van der Waals surface area contributed by atoms with Gasteiger partial charge in [0.2, 0.25) is 0 Å². The van der Waals surface area contributed by atoms with Crippen LogP contribution in [-0.2, 0) is 0 Å².